The first kappa shape index (κ1) is 10.9. The van der Waals surface area contributed by atoms with E-state index in [9.17, 15) is 0 Å². The lowest BCUT2D eigenvalue weighted by atomic mass is 10.1. The molecule has 0 fully saturated rings. The van der Waals surface area contributed by atoms with Crippen LogP contribution < -0.4 is 5.32 Å². The maximum Gasteiger partial charge on any atom is 0.148 e. The molecule has 2 aromatic rings. The van der Waals surface area contributed by atoms with E-state index < -0.39 is 0 Å². The van der Waals surface area contributed by atoms with E-state index in [1.54, 1.807) is 0 Å². The standard InChI is InChI=1S/C12H12ClN3/c1-2-14-12-8-7-11(15-16-12)9-3-5-10(13)6-4-9/h3-8H,2H2,1H3,(H,14,16). The molecule has 0 spiro atoms. The second kappa shape index (κ2) is 4.94. The van der Waals surface area contributed by atoms with Gasteiger partial charge in [-0.2, -0.15) is 0 Å². The molecule has 0 atom stereocenters. The lowest BCUT2D eigenvalue weighted by Gasteiger charge is -2.03. The van der Waals surface area contributed by atoms with Gasteiger partial charge in [-0.05, 0) is 31.2 Å². The molecule has 0 unspecified atom stereocenters. The van der Waals surface area contributed by atoms with Crippen molar-refractivity contribution in [3.63, 3.8) is 0 Å². The molecule has 82 valence electrons. The fraction of sp³-hybridized carbons (Fsp3) is 0.167. The highest BCUT2D eigenvalue weighted by molar-refractivity contribution is 6.30. The molecular weight excluding hydrogens is 222 g/mol. The second-order valence-electron chi connectivity index (χ2n) is 3.34. The Balaban J connectivity index is 2.24. The highest BCUT2D eigenvalue weighted by atomic mass is 35.5. The predicted molar refractivity (Wildman–Crippen MR) is 66.6 cm³/mol. The first-order chi connectivity index (χ1) is 7.79. The normalized spacial score (nSPS) is 10.1. The number of halogens is 1. The SMILES string of the molecule is CCNc1ccc(-c2ccc(Cl)cc2)nn1. The van der Waals surface area contributed by atoms with Crippen molar-refractivity contribution in [3.05, 3.63) is 41.4 Å². The first-order valence-corrected chi connectivity index (χ1v) is 5.51. The van der Waals surface area contributed by atoms with Crippen molar-refractivity contribution in [3.8, 4) is 11.3 Å². The van der Waals surface area contributed by atoms with Crippen molar-refractivity contribution in [2.45, 2.75) is 6.92 Å². The zero-order valence-electron chi connectivity index (χ0n) is 8.94. The number of hydrogen-bond donors (Lipinski definition) is 1. The lowest BCUT2D eigenvalue weighted by molar-refractivity contribution is 1.02. The molecule has 0 aliphatic rings. The summed E-state index contributed by atoms with van der Waals surface area (Å²) in [5, 5.41) is 12.0. The summed E-state index contributed by atoms with van der Waals surface area (Å²) < 4.78 is 0. The highest BCUT2D eigenvalue weighted by Gasteiger charge is 2.00. The maximum atomic E-state index is 5.82. The summed E-state index contributed by atoms with van der Waals surface area (Å²) in [4.78, 5) is 0. The molecule has 2 rings (SSSR count). The Morgan fingerprint density at radius 2 is 1.81 bits per heavy atom. The topological polar surface area (TPSA) is 37.8 Å². The molecule has 1 N–H and O–H groups in total. The Kier molecular flexibility index (Phi) is 3.37. The third-order valence-electron chi connectivity index (χ3n) is 2.16. The maximum absolute atomic E-state index is 5.82. The van der Waals surface area contributed by atoms with Gasteiger partial charge in [-0.3, -0.25) is 0 Å². The molecule has 16 heavy (non-hydrogen) atoms. The van der Waals surface area contributed by atoms with Crippen LogP contribution in [0.25, 0.3) is 11.3 Å². The summed E-state index contributed by atoms with van der Waals surface area (Å²) in [7, 11) is 0. The minimum absolute atomic E-state index is 0.723. The van der Waals surface area contributed by atoms with Crippen LogP contribution in [0.3, 0.4) is 0 Å². The number of nitrogens with one attached hydrogen (secondary N) is 1. The molecule has 1 aromatic carbocycles. The van der Waals surface area contributed by atoms with Crippen LogP contribution >= 0.6 is 11.6 Å². The Morgan fingerprint density at radius 1 is 1.06 bits per heavy atom. The Hall–Kier alpha value is -1.61. The van der Waals surface area contributed by atoms with Crippen molar-refractivity contribution >= 4 is 17.4 Å². The van der Waals surface area contributed by atoms with Gasteiger partial charge in [0.05, 0.1) is 5.69 Å². The number of aromatic nitrogens is 2. The summed E-state index contributed by atoms with van der Waals surface area (Å²) in [6.45, 7) is 2.86. The largest absolute Gasteiger partial charge is 0.369 e. The van der Waals surface area contributed by atoms with Gasteiger partial charge in [0.1, 0.15) is 5.82 Å². The number of hydrogen-bond acceptors (Lipinski definition) is 3. The molecule has 0 saturated heterocycles. The molecule has 0 saturated carbocycles. The van der Waals surface area contributed by atoms with Gasteiger partial charge in [-0.1, -0.05) is 23.7 Å². The van der Waals surface area contributed by atoms with E-state index in [-0.39, 0.29) is 0 Å². The Morgan fingerprint density at radius 3 is 2.38 bits per heavy atom. The Labute approximate surface area is 99.5 Å². The van der Waals surface area contributed by atoms with Crippen LogP contribution in [0.15, 0.2) is 36.4 Å². The van der Waals surface area contributed by atoms with Crippen molar-refractivity contribution in [1.29, 1.82) is 0 Å². The molecule has 3 nitrogen and oxygen atoms in total. The van der Waals surface area contributed by atoms with Crippen LogP contribution in [0.5, 0.6) is 0 Å². The molecule has 1 heterocycles. The van der Waals surface area contributed by atoms with E-state index in [2.05, 4.69) is 15.5 Å². The molecule has 0 aliphatic heterocycles. The summed E-state index contributed by atoms with van der Waals surface area (Å²) in [6.07, 6.45) is 0. The molecule has 0 radical (unpaired) electrons. The van der Waals surface area contributed by atoms with Crippen LogP contribution in [0, 0.1) is 0 Å². The molecule has 0 aliphatic carbocycles. The van der Waals surface area contributed by atoms with E-state index in [4.69, 9.17) is 11.6 Å². The van der Waals surface area contributed by atoms with E-state index >= 15 is 0 Å². The Bertz CT molecular complexity index is 451. The monoisotopic (exact) mass is 233 g/mol. The van der Waals surface area contributed by atoms with Crippen molar-refractivity contribution in [1.82, 2.24) is 10.2 Å². The van der Waals surface area contributed by atoms with Gasteiger partial charge in [0.2, 0.25) is 0 Å². The predicted octanol–water partition coefficient (Wildman–Crippen LogP) is 3.23. The van der Waals surface area contributed by atoms with Crippen LogP contribution in [0.1, 0.15) is 6.92 Å². The van der Waals surface area contributed by atoms with E-state index in [1.165, 1.54) is 0 Å². The summed E-state index contributed by atoms with van der Waals surface area (Å²) in [5.74, 6) is 0.792. The fourth-order valence-electron chi connectivity index (χ4n) is 1.38. The molecule has 0 amide bonds. The third-order valence-corrected chi connectivity index (χ3v) is 2.41. The van der Waals surface area contributed by atoms with Gasteiger partial charge in [0, 0.05) is 17.1 Å². The number of benzene rings is 1. The summed E-state index contributed by atoms with van der Waals surface area (Å²) >= 11 is 5.82. The molecule has 0 bridgehead atoms. The van der Waals surface area contributed by atoms with E-state index in [1.807, 2.05) is 43.3 Å². The smallest absolute Gasteiger partial charge is 0.148 e. The first-order valence-electron chi connectivity index (χ1n) is 5.13. The minimum Gasteiger partial charge on any atom is -0.369 e. The van der Waals surface area contributed by atoms with Gasteiger partial charge in [-0.25, -0.2) is 0 Å². The van der Waals surface area contributed by atoms with Gasteiger partial charge < -0.3 is 5.32 Å². The quantitative estimate of drug-likeness (QED) is 0.885. The van der Waals surface area contributed by atoms with Crippen LogP contribution in [-0.4, -0.2) is 16.7 Å². The molecule has 1 aromatic heterocycles. The highest BCUT2D eigenvalue weighted by Crippen LogP contribution is 2.19. The van der Waals surface area contributed by atoms with Crippen molar-refractivity contribution < 1.29 is 0 Å². The number of rotatable bonds is 3. The number of anilines is 1. The zero-order valence-corrected chi connectivity index (χ0v) is 9.70. The summed E-state index contributed by atoms with van der Waals surface area (Å²) in [5.41, 5.74) is 1.86. The van der Waals surface area contributed by atoms with Gasteiger partial charge in [0.15, 0.2) is 0 Å². The fourth-order valence-corrected chi connectivity index (χ4v) is 1.51. The number of nitrogens with zero attached hydrogens (tertiary/aromatic N) is 2. The molecular formula is C12H12ClN3. The molecule has 4 heteroatoms. The third kappa shape index (κ3) is 2.49. The van der Waals surface area contributed by atoms with Gasteiger partial charge >= 0.3 is 0 Å². The van der Waals surface area contributed by atoms with Crippen LogP contribution in [0.4, 0.5) is 5.82 Å². The van der Waals surface area contributed by atoms with E-state index in [0.29, 0.717) is 0 Å². The van der Waals surface area contributed by atoms with Crippen LogP contribution in [0.2, 0.25) is 5.02 Å². The minimum atomic E-state index is 0.723. The summed E-state index contributed by atoms with van der Waals surface area (Å²) in [6, 6.07) is 11.4. The van der Waals surface area contributed by atoms with Gasteiger partial charge in [-0.15, -0.1) is 10.2 Å². The van der Waals surface area contributed by atoms with Crippen molar-refractivity contribution in [2.24, 2.45) is 0 Å². The lowest BCUT2D eigenvalue weighted by Crippen LogP contribution is -2.00. The van der Waals surface area contributed by atoms with Gasteiger partial charge in [0.25, 0.3) is 0 Å². The van der Waals surface area contributed by atoms with E-state index in [0.717, 1.165) is 28.6 Å². The second-order valence-corrected chi connectivity index (χ2v) is 3.78. The average molecular weight is 234 g/mol. The van der Waals surface area contributed by atoms with Crippen LogP contribution in [-0.2, 0) is 0 Å². The van der Waals surface area contributed by atoms with Crippen molar-refractivity contribution in [2.75, 3.05) is 11.9 Å². The average Bonchev–Trinajstić information content (AvgIpc) is 2.32. The zero-order chi connectivity index (χ0) is 11.4.